The molecule has 0 atom stereocenters. The number of hydrogen-bond donors (Lipinski definition) is 0. The van der Waals surface area contributed by atoms with Crippen LogP contribution >= 0.6 is 0 Å². The van der Waals surface area contributed by atoms with Crippen molar-refractivity contribution in [3.05, 3.63) is 79.0 Å². The van der Waals surface area contributed by atoms with Gasteiger partial charge in [-0.25, -0.2) is 0 Å². The Morgan fingerprint density at radius 3 is 2.33 bits per heavy atom. The number of nitrogens with zero attached hydrogens (tertiary/aromatic N) is 1. The van der Waals surface area contributed by atoms with Gasteiger partial charge in [0.05, 0.1) is 0 Å². The third-order valence-corrected chi connectivity index (χ3v) is 2.76. The van der Waals surface area contributed by atoms with E-state index in [-0.39, 0.29) is 39.2 Å². The molecule has 21 heavy (non-hydrogen) atoms. The van der Waals surface area contributed by atoms with Gasteiger partial charge in [0.25, 0.3) is 0 Å². The first-order valence-electron chi connectivity index (χ1n) is 6.32. The SMILES string of the molecule is CC(C)C(=O)c1ccc(C=[C-]c2ccccc2)nc1.[CH3-].[Ir]. The van der Waals surface area contributed by atoms with Crippen molar-refractivity contribution in [3.63, 3.8) is 0 Å². The van der Waals surface area contributed by atoms with Crippen molar-refractivity contribution < 1.29 is 24.9 Å². The Balaban J connectivity index is 0.00000200. The second-order valence-corrected chi connectivity index (χ2v) is 4.65. The van der Waals surface area contributed by atoms with Gasteiger partial charge in [0.2, 0.25) is 0 Å². The van der Waals surface area contributed by atoms with Gasteiger partial charge in [-0.15, -0.1) is 42.0 Å². The largest absolute Gasteiger partial charge is 0.358 e. The molecule has 1 radical (unpaired) electrons. The van der Waals surface area contributed by atoms with Gasteiger partial charge in [-0.1, -0.05) is 32.0 Å². The van der Waals surface area contributed by atoms with Crippen LogP contribution in [0.4, 0.5) is 0 Å². The molecule has 0 unspecified atom stereocenters. The minimum Gasteiger partial charge on any atom is -0.358 e. The summed E-state index contributed by atoms with van der Waals surface area (Å²) in [4.78, 5) is 16.0. The Morgan fingerprint density at radius 2 is 1.81 bits per heavy atom. The molecule has 1 aromatic carbocycles. The van der Waals surface area contributed by atoms with Crippen molar-refractivity contribution in [2.24, 2.45) is 5.92 Å². The van der Waals surface area contributed by atoms with Gasteiger partial charge in [-0.2, -0.15) is 0 Å². The van der Waals surface area contributed by atoms with Crippen LogP contribution < -0.4 is 0 Å². The second-order valence-electron chi connectivity index (χ2n) is 4.65. The monoisotopic (exact) mass is 458 g/mol. The molecule has 0 bridgehead atoms. The first-order chi connectivity index (χ1) is 9.16. The average Bonchev–Trinajstić information content (AvgIpc) is 2.46. The predicted molar refractivity (Wildman–Crippen MR) is 83.1 cm³/mol. The fourth-order valence-electron chi connectivity index (χ4n) is 1.66. The summed E-state index contributed by atoms with van der Waals surface area (Å²) in [6.45, 7) is 3.78. The number of rotatable bonds is 4. The van der Waals surface area contributed by atoms with Crippen LogP contribution in [-0.2, 0) is 20.1 Å². The summed E-state index contributed by atoms with van der Waals surface area (Å²) in [6, 6.07) is 13.5. The van der Waals surface area contributed by atoms with Crippen molar-refractivity contribution in [1.82, 2.24) is 4.98 Å². The predicted octanol–water partition coefficient (Wildman–Crippen LogP) is 4.23. The third-order valence-electron chi connectivity index (χ3n) is 2.76. The van der Waals surface area contributed by atoms with Gasteiger partial charge in [0.15, 0.2) is 5.78 Å². The van der Waals surface area contributed by atoms with Crippen molar-refractivity contribution >= 4 is 11.9 Å². The zero-order chi connectivity index (χ0) is 13.7. The van der Waals surface area contributed by atoms with Crippen LogP contribution in [0.25, 0.3) is 6.08 Å². The van der Waals surface area contributed by atoms with Crippen LogP contribution in [0.3, 0.4) is 0 Å². The molecule has 3 heteroatoms. The molecule has 1 heterocycles. The molecule has 2 aromatic rings. The minimum absolute atomic E-state index is 0. The molecule has 0 aliphatic rings. The number of ketones is 1. The van der Waals surface area contributed by atoms with E-state index in [1.165, 1.54) is 0 Å². The molecular formula is C18H19IrNO-2. The number of carbonyl (C=O) groups excluding carboxylic acids is 1. The summed E-state index contributed by atoms with van der Waals surface area (Å²) in [5.74, 6) is 0.120. The average molecular weight is 458 g/mol. The number of benzene rings is 1. The fourth-order valence-corrected chi connectivity index (χ4v) is 1.66. The summed E-state index contributed by atoms with van der Waals surface area (Å²) < 4.78 is 0. The normalized spacial score (nSPS) is 10.0. The first kappa shape index (κ1) is 19.4. The quantitative estimate of drug-likeness (QED) is 0.508. The summed E-state index contributed by atoms with van der Waals surface area (Å²) in [5.41, 5.74) is 2.46. The minimum atomic E-state index is -0.000858. The Kier molecular flexibility index (Phi) is 8.68. The van der Waals surface area contributed by atoms with E-state index in [0.717, 1.165) is 11.3 Å². The summed E-state index contributed by atoms with van der Waals surface area (Å²) >= 11 is 0. The Bertz CT molecular complexity index is 574. The van der Waals surface area contributed by atoms with Gasteiger partial charge in [0, 0.05) is 37.8 Å². The van der Waals surface area contributed by atoms with E-state index in [9.17, 15) is 4.79 Å². The first-order valence-corrected chi connectivity index (χ1v) is 6.32. The van der Waals surface area contributed by atoms with Gasteiger partial charge < -0.3 is 12.4 Å². The summed E-state index contributed by atoms with van der Waals surface area (Å²) in [7, 11) is 0. The van der Waals surface area contributed by atoms with Crippen LogP contribution in [-0.4, -0.2) is 10.8 Å². The van der Waals surface area contributed by atoms with E-state index in [0.29, 0.717) is 5.56 Å². The molecule has 0 aliphatic carbocycles. The van der Waals surface area contributed by atoms with Crippen molar-refractivity contribution in [2.45, 2.75) is 13.8 Å². The standard InChI is InChI=1S/C17H16NO.CH3.Ir/c1-13(2)17(19)15-9-11-16(18-12-15)10-8-14-6-4-3-5-7-14;;/h3-7,9-13H,1-2H3;1H3;/q2*-1;. The molecule has 0 fully saturated rings. The van der Waals surface area contributed by atoms with Gasteiger partial charge in [-0.3, -0.25) is 4.79 Å². The van der Waals surface area contributed by atoms with Gasteiger partial charge in [0.1, 0.15) is 0 Å². The second kappa shape index (κ2) is 9.38. The topological polar surface area (TPSA) is 30.0 Å². The molecule has 0 spiro atoms. The fraction of sp³-hybridized carbons (Fsp3) is 0.167. The van der Waals surface area contributed by atoms with Crippen molar-refractivity contribution in [1.29, 1.82) is 0 Å². The molecule has 0 aliphatic heterocycles. The number of carbonyl (C=O) groups is 1. The number of aromatic nitrogens is 1. The van der Waals surface area contributed by atoms with Crippen LogP contribution in [0.1, 0.15) is 35.5 Å². The third kappa shape index (κ3) is 5.74. The molecule has 0 saturated heterocycles. The van der Waals surface area contributed by atoms with E-state index >= 15 is 0 Å². The van der Waals surface area contributed by atoms with Crippen molar-refractivity contribution in [2.75, 3.05) is 0 Å². The van der Waals surface area contributed by atoms with Gasteiger partial charge in [-0.05, 0) is 5.69 Å². The van der Waals surface area contributed by atoms with Crippen LogP contribution in [0, 0.1) is 19.4 Å². The van der Waals surface area contributed by atoms with Crippen LogP contribution in [0.15, 0.2) is 48.7 Å². The maximum atomic E-state index is 11.8. The van der Waals surface area contributed by atoms with E-state index < -0.39 is 0 Å². The zero-order valence-corrected chi connectivity index (χ0v) is 14.9. The molecule has 1 aromatic heterocycles. The number of Topliss-reactive ketones (excluding diaryl/α,β-unsaturated/α-hetero) is 1. The number of hydrogen-bond acceptors (Lipinski definition) is 2. The van der Waals surface area contributed by atoms with Crippen LogP contribution in [0.5, 0.6) is 0 Å². The summed E-state index contributed by atoms with van der Waals surface area (Å²) in [5, 5.41) is 0. The Labute approximate surface area is 140 Å². The van der Waals surface area contributed by atoms with E-state index in [1.54, 1.807) is 6.20 Å². The molecule has 0 saturated carbocycles. The number of pyridine rings is 1. The Morgan fingerprint density at radius 1 is 1.14 bits per heavy atom. The zero-order valence-electron chi connectivity index (χ0n) is 12.5. The van der Waals surface area contributed by atoms with Crippen molar-refractivity contribution in [3.8, 4) is 0 Å². The molecule has 0 amide bonds. The summed E-state index contributed by atoms with van der Waals surface area (Å²) in [6.07, 6.45) is 6.60. The molecule has 0 N–H and O–H groups in total. The van der Waals surface area contributed by atoms with Gasteiger partial charge >= 0.3 is 0 Å². The van der Waals surface area contributed by atoms with E-state index in [2.05, 4.69) is 11.1 Å². The Hall–Kier alpha value is -1.57. The molecule has 113 valence electrons. The van der Waals surface area contributed by atoms with Crippen LogP contribution in [0.2, 0.25) is 0 Å². The van der Waals surface area contributed by atoms with E-state index in [4.69, 9.17) is 0 Å². The maximum Gasteiger partial charge on any atom is 0.166 e. The smallest absolute Gasteiger partial charge is 0.166 e. The maximum absolute atomic E-state index is 11.8. The van der Waals surface area contributed by atoms with E-state index in [1.807, 2.05) is 62.4 Å². The molecular weight excluding hydrogens is 438 g/mol. The molecule has 2 rings (SSSR count). The molecule has 2 nitrogen and oxygen atoms in total.